The Bertz CT molecular complexity index is 1390. The predicted octanol–water partition coefficient (Wildman–Crippen LogP) is 3.59. The predicted molar refractivity (Wildman–Crippen MR) is 124 cm³/mol. The number of rotatable bonds is 3. The summed E-state index contributed by atoms with van der Waals surface area (Å²) in [6, 6.07) is 4.50. The quantitative estimate of drug-likeness (QED) is 0.482. The molecule has 0 aliphatic carbocycles. The number of carbonyl (C=O) groups is 1. The number of carbonyl (C=O) groups excluding carboxylic acids is 1. The first-order valence-corrected chi connectivity index (χ1v) is 11.9. The molecule has 3 aromatic rings. The highest BCUT2D eigenvalue weighted by Gasteiger charge is 2.41. The van der Waals surface area contributed by atoms with Crippen LogP contribution in [0.4, 0.5) is 8.78 Å². The third-order valence-electron chi connectivity index (χ3n) is 5.61. The lowest BCUT2D eigenvalue weighted by Crippen LogP contribution is -2.60. The van der Waals surface area contributed by atoms with E-state index in [-0.39, 0.29) is 35.9 Å². The lowest BCUT2D eigenvalue weighted by Gasteiger charge is -2.42. The molecule has 5 rings (SSSR count). The van der Waals surface area contributed by atoms with E-state index in [0.717, 1.165) is 0 Å². The summed E-state index contributed by atoms with van der Waals surface area (Å²) >= 11 is 4.48. The Hall–Kier alpha value is -2.61. The van der Waals surface area contributed by atoms with E-state index >= 15 is 0 Å². The fourth-order valence-electron chi connectivity index (χ4n) is 3.81. The number of benzene rings is 1. The van der Waals surface area contributed by atoms with Crippen LogP contribution in [0.25, 0.3) is 21.3 Å². The monoisotopic (exact) mass is 533 g/mol. The molecule has 4 heterocycles. The number of aromatic nitrogens is 2. The van der Waals surface area contributed by atoms with Crippen LogP contribution in [0.1, 0.15) is 11.8 Å². The zero-order valence-electron chi connectivity index (χ0n) is 17.5. The summed E-state index contributed by atoms with van der Waals surface area (Å²) in [5.74, 6) is 5.66. The normalized spacial score (nSPS) is 17.3. The van der Waals surface area contributed by atoms with E-state index in [1.54, 1.807) is 12.1 Å². The van der Waals surface area contributed by atoms with E-state index in [1.807, 2.05) is 0 Å². The molecule has 170 valence electrons. The van der Waals surface area contributed by atoms with Crippen molar-refractivity contribution in [2.75, 3.05) is 26.3 Å². The van der Waals surface area contributed by atoms with E-state index in [0.29, 0.717) is 39.4 Å². The van der Waals surface area contributed by atoms with Crippen LogP contribution < -0.4 is 5.56 Å². The topological polar surface area (TPSA) is 64.4 Å². The number of alkyl halides is 1. The maximum Gasteiger partial charge on any atom is 0.263 e. The molecule has 2 aromatic heterocycles. The molecular weight excluding hydrogens is 516 g/mol. The van der Waals surface area contributed by atoms with Crippen LogP contribution in [0, 0.1) is 23.6 Å². The fraction of sp³-hybridized carbons (Fsp3) is 0.348. The molecule has 0 spiro atoms. The maximum absolute atomic E-state index is 13.9. The van der Waals surface area contributed by atoms with Gasteiger partial charge in [0.05, 0.1) is 53.3 Å². The van der Waals surface area contributed by atoms with Gasteiger partial charge in [-0.15, -0.1) is 11.3 Å². The van der Waals surface area contributed by atoms with Gasteiger partial charge in [0.1, 0.15) is 22.9 Å². The molecule has 6 nitrogen and oxygen atoms in total. The van der Waals surface area contributed by atoms with Gasteiger partial charge in [-0.05, 0) is 40.5 Å². The molecule has 2 aliphatic heterocycles. The summed E-state index contributed by atoms with van der Waals surface area (Å²) in [4.78, 5) is 32.8. The minimum atomic E-state index is -1.39. The number of fused-ring (bicyclic) bond motifs is 1. The Kier molecular flexibility index (Phi) is 5.59. The highest BCUT2D eigenvalue weighted by Crippen LogP contribution is 2.37. The van der Waals surface area contributed by atoms with Crippen molar-refractivity contribution >= 4 is 43.4 Å². The highest BCUT2D eigenvalue weighted by molar-refractivity contribution is 9.10. The second-order valence-electron chi connectivity index (χ2n) is 8.46. The van der Waals surface area contributed by atoms with Crippen molar-refractivity contribution in [3.05, 3.63) is 50.0 Å². The van der Waals surface area contributed by atoms with Crippen LogP contribution in [-0.4, -0.2) is 52.3 Å². The largest absolute Gasteiger partial charge is 0.379 e. The molecule has 10 heteroatoms. The summed E-state index contributed by atoms with van der Waals surface area (Å²) in [5, 5.41) is 0.321. The van der Waals surface area contributed by atoms with Gasteiger partial charge in [0.15, 0.2) is 0 Å². The Morgan fingerprint density at radius 3 is 2.79 bits per heavy atom. The molecule has 0 radical (unpaired) electrons. The number of halogens is 3. The Balaban J connectivity index is 1.59. The highest BCUT2D eigenvalue weighted by atomic mass is 79.9. The lowest BCUT2D eigenvalue weighted by atomic mass is 9.99. The maximum atomic E-state index is 13.9. The van der Waals surface area contributed by atoms with Gasteiger partial charge in [0.2, 0.25) is 5.91 Å². The summed E-state index contributed by atoms with van der Waals surface area (Å²) < 4.78 is 34.3. The van der Waals surface area contributed by atoms with E-state index in [9.17, 15) is 18.4 Å². The average Bonchev–Trinajstić information content (AvgIpc) is 3.08. The second kappa shape index (κ2) is 8.31. The van der Waals surface area contributed by atoms with Crippen molar-refractivity contribution in [3.8, 4) is 23.0 Å². The summed E-state index contributed by atoms with van der Waals surface area (Å²) in [7, 11) is 0. The van der Waals surface area contributed by atoms with E-state index in [4.69, 9.17) is 4.74 Å². The van der Waals surface area contributed by atoms with Gasteiger partial charge < -0.3 is 9.64 Å². The number of ether oxygens (including phenoxy) is 1. The van der Waals surface area contributed by atoms with Crippen LogP contribution in [0.5, 0.6) is 0 Å². The minimum absolute atomic E-state index is 0.00812. The average molecular weight is 534 g/mol. The van der Waals surface area contributed by atoms with Crippen LogP contribution >= 0.6 is 27.3 Å². The van der Waals surface area contributed by atoms with Gasteiger partial charge in [-0.25, -0.2) is 13.8 Å². The number of thiophene rings is 1. The number of nitrogens with zero attached hydrogens (tertiary/aromatic N) is 3. The molecule has 0 atom stereocenters. The van der Waals surface area contributed by atoms with Gasteiger partial charge in [-0.1, -0.05) is 17.9 Å². The Morgan fingerprint density at radius 2 is 2.15 bits per heavy atom. The van der Waals surface area contributed by atoms with Gasteiger partial charge >= 0.3 is 0 Å². The van der Waals surface area contributed by atoms with Crippen molar-refractivity contribution in [2.24, 2.45) is 5.92 Å². The molecule has 0 unspecified atom stereocenters. The van der Waals surface area contributed by atoms with Crippen molar-refractivity contribution < 1.29 is 18.3 Å². The van der Waals surface area contributed by atoms with Crippen LogP contribution in [0.15, 0.2) is 33.8 Å². The zero-order valence-corrected chi connectivity index (χ0v) is 19.9. The van der Waals surface area contributed by atoms with E-state index in [2.05, 4.69) is 32.8 Å². The van der Waals surface area contributed by atoms with Gasteiger partial charge in [0.25, 0.3) is 5.56 Å². The van der Waals surface area contributed by atoms with Crippen molar-refractivity contribution in [3.63, 3.8) is 0 Å². The molecular formula is C23H18BrF2N3O3S. The molecule has 0 bridgehead atoms. The van der Waals surface area contributed by atoms with Crippen molar-refractivity contribution in [2.45, 2.75) is 19.1 Å². The zero-order chi connectivity index (χ0) is 23.3. The number of likely N-dealkylation sites (tertiary alicyclic amines) is 1. The lowest BCUT2D eigenvalue weighted by molar-refractivity contribution is -0.144. The first kappa shape index (κ1) is 22.2. The molecule has 0 N–H and O–H groups in total. The summed E-state index contributed by atoms with van der Waals surface area (Å²) in [6.45, 7) is 2.35. The van der Waals surface area contributed by atoms with Crippen molar-refractivity contribution in [1.82, 2.24) is 14.5 Å². The molecule has 1 aromatic carbocycles. The molecule has 1 amide bonds. The number of amides is 1. The van der Waals surface area contributed by atoms with Gasteiger partial charge in [0, 0.05) is 5.56 Å². The minimum Gasteiger partial charge on any atom is -0.379 e. The molecule has 2 aliphatic rings. The first-order valence-electron chi connectivity index (χ1n) is 10.3. The van der Waals surface area contributed by atoms with Crippen molar-refractivity contribution in [1.29, 1.82) is 0 Å². The fourth-order valence-corrected chi connectivity index (χ4v) is 5.21. The molecule has 0 saturated carbocycles. The summed E-state index contributed by atoms with van der Waals surface area (Å²) in [6.07, 6.45) is 1.33. The van der Waals surface area contributed by atoms with Crippen LogP contribution in [0.3, 0.4) is 0 Å². The van der Waals surface area contributed by atoms with Crippen LogP contribution in [-0.2, 0) is 16.1 Å². The third kappa shape index (κ3) is 4.21. The second-order valence-corrected chi connectivity index (χ2v) is 10.3. The van der Waals surface area contributed by atoms with Gasteiger partial charge in [-0.2, -0.15) is 0 Å². The molecule has 2 saturated heterocycles. The third-order valence-corrected chi connectivity index (χ3v) is 7.24. The molecule has 33 heavy (non-hydrogen) atoms. The number of hydrogen-bond acceptors (Lipinski definition) is 5. The van der Waals surface area contributed by atoms with Gasteiger partial charge in [-0.3, -0.25) is 14.2 Å². The number of hydrogen-bond donors (Lipinski definition) is 0. The van der Waals surface area contributed by atoms with E-state index < -0.39 is 17.0 Å². The van der Waals surface area contributed by atoms with Crippen LogP contribution in [0.2, 0.25) is 0 Å². The molecule has 2 fully saturated rings. The standard InChI is InChI=1S/C23H18BrF2N3O3S/c1-23(26)10-29(11-23)18(30)7-28-12-27-21-20(22(28)31)19(14-3-4-16(25)15(24)6-14)17(33-21)5-2-13-8-32-9-13/h3-4,6,12-13H,7-11H2,1H3. The summed E-state index contributed by atoms with van der Waals surface area (Å²) in [5.41, 5.74) is -0.618. The first-order chi connectivity index (χ1) is 15.7. The van der Waals surface area contributed by atoms with E-state index in [1.165, 1.54) is 40.1 Å². The Morgan fingerprint density at radius 1 is 1.39 bits per heavy atom. The smallest absolute Gasteiger partial charge is 0.263 e. The Labute approximate surface area is 200 Å². The SMILES string of the molecule is CC1(F)CN(C(=O)Cn2cnc3sc(C#CC4COC4)c(-c4ccc(F)c(Br)c4)c3c2=O)C1.